The van der Waals surface area contributed by atoms with Crippen LogP contribution in [0.4, 0.5) is 10.8 Å². The lowest BCUT2D eigenvalue weighted by molar-refractivity contribution is 0.0693. The summed E-state index contributed by atoms with van der Waals surface area (Å²) in [6.45, 7) is 0. The highest BCUT2D eigenvalue weighted by atomic mass is 32.2. The van der Waals surface area contributed by atoms with Gasteiger partial charge >= 0.3 is 5.97 Å². The summed E-state index contributed by atoms with van der Waals surface area (Å²) in [6, 6.07) is 10.3. The van der Waals surface area contributed by atoms with Gasteiger partial charge in [0.25, 0.3) is 0 Å². The first kappa shape index (κ1) is 21.6. The van der Waals surface area contributed by atoms with Crippen LogP contribution in [0.5, 0.6) is 5.75 Å². The predicted molar refractivity (Wildman–Crippen MR) is 119 cm³/mol. The Morgan fingerprint density at radius 3 is 2.43 bits per heavy atom. The van der Waals surface area contributed by atoms with Gasteiger partial charge in [0.1, 0.15) is 11.3 Å². The van der Waals surface area contributed by atoms with Crippen LogP contribution in [0.3, 0.4) is 0 Å². The van der Waals surface area contributed by atoms with E-state index in [0.717, 1.165) is 5.56 Å². The standard InChI is InChI=1S/C18H16N4O5S3/c1-19-30(26,27)12-5-2-10(3-6-12)14-9-29-18(21-14)22-17(28)20-11-4-7-13(16(24)25)15(23)8-11/h2-9,19,23H,1H3,(H,24,25)(H2,20,21,22,28). The van der Waals surface area contributed by atoms with Gasteiger partial charge in [-0.05, 0) is 43.5 Å². The first-order valence-corrected chi connectivity index (χ1v) is 11.1. The molecule has 0 amide bonds. The van der Waals surface area contributed by atoms with E-state index in [1.165, 1.54) is 48.7 Å². The van der Waals surface area contributed by atoms with E-state index in [4.69, 9.17) is 17.3 Å². The molecule has 0 spiro atoms. The first-order valence-electron chi connectivity index (χ1n) is 8.33. The molecule has 1 aromatic heterocycles. The van der Waals surface area contributed by atoms with Crippen LogP contribution in [0, 0.1) is 0 Å². The number of aromatic carboxylic acids is 1. The number of anilines is 2. The molecule has 0 aliphatic carbocycles. The molecule has 0 fully saturated rings. The Hall–Kier alpha value is -3.06. The highest BCUT2D eigenvalue weighted by Crippen LogP contribution is 2.26. The third kappa shape index (κ3) is 4.91. The normalized spacial score (nSPS) is 11.1. The lowest BCUT2D eigenvalue weighted by Crippen LogP contribution is -2.19. The van der Waals surface area contributed by atoms with Crippen LogP contribution >= 0.6 is 23.6 Å². The SMILES string of the molecule is CNS(=O)(=O)c1ccc(-c2csc(NC(=S)Nc3ccc(C(=O)O)c(O)c3)n2)cc1. The lowest BCUT2D eigenvalue weighted by atomic mass is 10.2. The molecular weight excluding hydrogens is 448 g/mol. The smallest absolute Gasteiger partial charge is 0.339 e. The quantitative estimate of drug-likeness (QED) is 0.348. The van der Waals surface area contributed by atoms with E-state index in [1.54, 1.807) is 17.5 Å². The topological polar surface area (TPSA) is 141 Å². The number of hydrogen-bond donors (Lipinski definition) is 5. The lowest BCUT2D eigenvalue weighted by Gasteiger charge is -2.09. The fourth-order valence-electron chi connectivity index (χ4n) is 2.44. The van der Waals surface area contributed by atoms with Crippen LogP contribution in [-0.4, -0.2) is 41.7 Å². The van der Waals surface area contributed by atoms with Crippen molar-refractivity contribution in [2.45, 2.75) is 4.90 Å². The van der Waals surface area contributed by atoms with Crippen molar-refractivity contribution in [1.29, 1.82) is 0 Å². The minimum absolute atomic E-state index is 0.157. The number of aromatic nitrogens is 1. The summed E-state index contributed by atoms with van der Waals surface area (Å²) in [6.07, 6.45) is 0. The van der Waals surface area contributed by atoms with Gasteiger partial charge in [-0.25, -0.2) is 22.9 Å². The summed E-state index contributed by atoms with van der Waals surface area (Å²) < 4.78 is 25.8. The fourth-order valence-corrected chi connectivity index (χ4v) is 4.17. The zero-order valence-corrected chi connectivity index (χ0v) is 17.9. The Labute approximate surface area is 181 Å². The van der Waals surface area contributed by atoms with Crippen LogP contribution < -0.4 is 15.4 Å². The van der Waals surface area contributed by atoms with E-state index in [1.807, 2.05) is 0 Å². The number of thiocarbonyl (C=S) groups is 1. The number of phenols is 1. The van der Waals surface area contributed by atoms with Crippen molar-refractivity contribution in [3.05, 3.63) is 53.4 Å². The van der Waals surface area contributed by atoms with Crippen molar-refractivity contribution in [1.82, 2.24) is 9.71 Å². The van der Waals surface area contributed by atoms with Gasteiger partial charge in [0.2, 0.25) is 10.0 Å². The minimum atomic E-state index is -3.50. The second kappa shape index (κ2) is 8.75. The maximum atomic E-state index is 11.8. The Morgan fingerprint density at radius 2 is 1.83 bits per heavy atom. The molecule has 3 aromatic rings. The first-order chi connectivity index (χ1) is 14.2. The number of thiazole rings is 1. The molecular formula is C18H16N4O5S3. The van der Waals surface area contributed by atoms with Crippen molar-refractivity contribution >= 4 is 55.5 Å². The predicted octanol–water partition coefficient (Wildman–Crippen LogP) is 2.93. The summed E-state index contributed by atoms with van der Waals surface area (Å²) in [5, 5.41) is 26.9. The number of carboxylic acid groups (broad SMARTS) is 1. The summed E-state index contributed by atoms with van der Waals surface area (Å²) in [4.78, 5) is 15.5. The van der Waals surface area contributed by atoms with Gasteiger partial charge in [0.05, 0.1) is 10.6 Å². The van der Waals surface area contributed by atoms with E-state index in [-0.39, 0.29) is 21.3 Å². The average molecular weight is 465 g/mol. The highest BCUT2D eigenvalue weighted by molar-refractivity contribution is 7.89. The molecule has 3 rings (SSSR count). The van der Waals surface area contributed by atoms with E-state index >= 15 is 0 Å². The summed E-state index contributed by atoms with van der Waals surface area (Å²) >= 11 is 6.52. The molecule has 0 saturated heterocycles. The molecule has 1 heterocycles. The molecule has 0 unspecified atom stereocenters. The van der Waals surface area contributed by atoms with Crippen LogP contribution in [0.1, 0.15) is 10.4 Å². The number of hydrogen-bond acceptors (Lipinski definition) is 7. The van der Waals surface area contributed by atoms with Gasteiger partial charge < -0.3 is 20.8 Å². The molecule has 0 atom stereocenters. The molecule has 0 radical (unpaired) electrons. The molecule has 156 valence electrons. The molecule has 12 heteroatoms. The van der Waals surface area contributed by atoms with Gasteiger partial charge in [0, 0.05) is 22.7 Å². The molecule has 0 bridgehead atoms. The number of carbonyl (C=O) groups is 1. The number of sulfonamides is 1. The van der Waals surface area contributed by atoms with Crippen molar-refractivity contribution in [2.75, 3.05) is 17.7 Å². The fraction of sp³-hybridized carbons (Fsp3) is 0.0556. The second-order valence-corrected chi connectivity index (χ2v) is 9.04. The summed E-state index contributed by atoms with van der Waals surface area (Å²) in [5.74, 6) is -1.61. The van der Waals surface area contributed by atoms with Gasteiger partial charge in [0.15, 0.2) is 10.2 Å². The summed E-state index contributed by atoms with van der Waals surface area (Å²) in [5.41, 5.74) is 1.58. The number of rotatable bonds is 6. The molecule has 0 aliphatic rings. The Balaban J connectivity index is 1.67. The van der Waals surface area contributed by atoms with E-state index in [9.17, 15) is 18.3 Å². The number of nitrogens with one attached hydrogen (secondary N) is 3. The van der Waals surface area contributed by atoms with Crippen LogP contribution in [0.2, 0.25) is 0 Å². The Bertz CT molecular complexity index is 1210. The molecule has 5 N–H and O–H groups in total. The number of benzene rings is 2. The zero-order valence-electron chi connectivity index (χ0n) is 15.4. The van der Waals surface area contributed by atoms with Crippen LogP contribution in [0.15, 0.2) is 52.7 Å². The average Bonchev–Trinajstić information content (AvgIpc) is 3.16. The van der Waals surface area contributed by atoms with Crippen LogP contribution in [-0.2, 0) is 10.0 Å². The molecule has 2 aromatic carbocycles. The minimum Gasteiger partial charge on any atom is -0.507 e. The van der Waals surface area contributed by atoms with Gasteiger partial charge in [-0.15, -0.1) is 11.3 Å². The molecule has 0 aliphatic heterocycles. The molecule has 30 heavy (non-hydrogen) atoms. The van der Waals surface area contributed by atoms with Crippen LogP contribution in [0.25, 0.3) is 11.3 Å². The van der Waals surface area contributed by atoms with Crippen molar-refractivity contribution < 1.29 is 23.4 Å². The number of aromatic hydroxyl groups is 1. The van der Waals surface area contributed by atoms with Crippen molar-refractivity contribution in [2.24, 2.45) is 0 Å². The number of carboxylic acids is 1. The molecule has 9 nitrogen and oxygen atoms in total. The van der Waals surface area contributed by atoms with Gasteiger partial charge in [-0.2, -0.15) is 0 Å². The van der Waals surface area contributed by atoms with E-state index < -0.39 is 16.0 Å². The second-order valence-electron chi connectivity index (χ2n) is 5.89. The van der Waals surface area contributed by atoms with E-state index in [2.05, 4.69) is 20.3 Å². The maximum absolute atomic E-state index is 11.8. The van der Waals surface area contributed by atoms with Crippen molar-refractivity contribution in [3.8, 4) is 17.0 Å². The number of nitrogens with zero attached hydrogens (tertiary/aromatic N) is 1. The zero-order chi connectivity index (χ0) is 21.9. The third-order valence-corrected chi connectivity index (χ3v) is 6.33. The maximum Gasteiger partial charge on any atom is 0.339 e. The Kier molecular flexibility index (Phi) is 6.31. The van der Waals surface area contributed by atoms with E-state index in [0.29, 0.717) is 16.5 Å². The Morgan fingerprint density at radius 1 is 1.13 bits per heavy atom. The van der Waals surface area contributed by atoms with Crippen molar-refractivity contribution in [3.63, 3.8) is 0 Å². The summed E-state index contributed by atoms with van der Waals surface area (Å²) in [7, 11) is -2.16. The highest BCUT2D eigenvalue weighted by Gasteiger charge is 2.13. The monoisotopic (exact) mass is 464 g/mol. The third-order valence-electron chi connectivity index (χ3n) is 3.94. The van der Waals surface area contributed by atoms with Gasteiger partial charge in [-0.1, -0.05) is 12.1 Å². The largest absolute Gasteiger partial charge is 0.507 e. The van der Waals surface area contributed by atoms with Gasteiger partial charge in [-0.3, -0.25) is 0 Å². The molecule has 0 saturated carbocycles.